The molecule has 0 aliphatic carbocycles. The monoisotopic (exact) mass is 391 g/mol. The number of rotatable bonds is 7. The molecule has 3 aromatic rings. The summed E-state index contributed by atoms with van der Waals surface area (Å²) < 4.78 is 12.3. The molecule has 1 heterocycles. The molecule has 0 bridgehead atoms. The van der Waals surface area contributed by atoms with Crippen LogP contribution in [0.5, 0.6) is 11.5 Å². The van der Waals surface area contributed by atoms with Gasteiger partial charge in [0.15, 0.2) is 5.78 Å². The zero-order chi connectivity index (χ0) is 20.6. The summed E-state index contributed by atoms with van der Waals surface area (Å²) in [4.78, 5) is 12.3. The number of ether oxygens (including phenoxy) is 2. The van der Waals surface area contributed by atoms with Crippen molar-refractivity contribution < 1.29 is 19.4 Å². The fourth-order valence-corrected chi connectivity index (χ4v) is 2.48. The second-order valence-corrected chi connectivity index (χ2v) is 6.32. The van der Waals surface area contributed by atoms with Crippen molar-refractivity contribution in [2.45, 2.75) is 26.2 Å². The maximum Gasteiger partial charge on any atom is 0.184 e. The first-order valence-corrected chi connectivity index (χ1v) is 9.02. The normalized spacial score (nSPS) is 11.3. The smallest absolute Gasteiger partial charge is 0.184 e. The van der Waals surface area contributed by atoms with Crippen molar-refractivity contribution in [3.63, 3.8) is 0 Å². The molecular formula is C22H21N3O4. The van der Waals surface area contributed by atoms with E-state index in [0.717, 1.165) is 5.56 Å². The third-order valence-corrected chi connectivity index (χ3v) is 3.97. The number of carbonyl (C=O) groups excluding carboxylic acids is 1. The second kappa shape index (κ2) is 9.53. The molecule has 0 saturated carbocycles. The Hall–Kier alpha value is -3.63. The number of benzene rings is 2. The molecule has 1 unspecified atom stereocenters. The van der Waals surface area contributed by atoms with Crippen molar-refractivity contribution in [2.24, 2.45) is 0 Å². The lowest BCUT2D eigenvalue weighted by Gasteiger charge is -2.04. The minimum atomic E-state index is -0.662. The van der Waals surface area contributed by atoms with E-state index in [-0.39, 0.29) is 18.9 Å². The maximum atomic E-state index is 12.3. The van der Waals surface area contributed by atoms with Crippen LogP contribution in [0.25, 0.3) is 0 Å². The minimum absolute atomic E-state index is 0.0704. The molecule has 148 valence electrons. The summed E-state index contributed by atoms with van der Waals surface area (Å²) in [6.07, 6.45) is 1.02. The summed E-state index contributed by atoms with van der Waals surface area (Å²) in [5.74, 6) is 6.84. The molecule has 0 aliphatic rings. The van der Waals surface area contributed by atoms with Gasteiger partial charge < -0.3 is 14.6 Å². The van der Waals surface area contributed by atoms with Crippen molar-refractivity contribution in [1.82, 2.24) is 15.0 Å². The Balaban J connectivity index is 1.53. The van der Waals surface area contributed by atoms with E-state index >= 15 is 0 Å². The summed E-state index contributed by atoms with van der Waals surface area (Å²) >= 11 is 0. The van der Waals surface area contributed by atoms with Gasteiger partial charge in [0.05, 0.1) is 13.3 Å². The highest BCUT2D eigenvalue weighted by Gasteiger charge is 2.09. The van der Waals surface area contributed by atoms with Crippen LogP contribution in [0.4, 0.5) is 0 Å². The van der Waals surface area contributed by atoms with Gasteiger partial charge in [-0.25, -0.2) is 4.68 Å². The third kappa shape index (κ3) is 5.92. The summed E-state index contributed by atoms with van der Waals surface area (Å²) in [5.41, 5.74) is 1.99. The van der Waals surface area contributed by atoms with Gasteiger partial charge in [-0.15, -0.1) is 5.10 Å². The lowest BCUT2D eigenvalue weighted by molar-refractivity contribution is 0.0967. The Morgan fingerprint density at radius 2 is 1.83 bits per heavy atom. The van der Waals surface area contributed by atoms with E-state index in [9.17, 15) is 9.90 Å². The fraction of sp³-hybridized carbons (Fsp3) is 0.227. The topological polar surface area (TPSA) is 86.5 Å². The zero-order valence-corrected chi connectivity index (χ0v) is 16.2. The van der Waals surface area contributed by atoms with Crippen LogP contribution < -0.4 is 9.47 Å². The first kappa shape index (κ1) is 20.1. The van der Waals surface area contributed by atoms with Crippen LogP contribution in [-0.2, 0) is 13.2 Å². The Bertz CT molecular complexity index is 1010. The number of carbonyl (C=O) groups is 1. The largest absolute Gasteiger partial charge is 0.497 e. The molecule has 1 aromatic heterocycles. The molecule has 0 radical (unpaired) electrons. The van der Waals surface area contributed by atoms with E-state index in [1.54, 1.807) is 56.6 Å². The molecule has 2 aromatic carbocycles. The van der Waals surface area contributed by atoms with Crippen molar-refractivity contribution in [2.75, 3.05) is 7.11 Å². The SMILES string of the molecule is COc1ccc(C(=O)Cn2cc(COc3ccc(C#CC(C)O)cc3)nn2)cc1. The fourth-order valence-electron chi connectivity index (χ4n) is 2.48. The second-order valence-electron chi connectivity index (χ2n) is 6.32. The number of methoxy groups -OCH3 is 1. The number of ketones is 1. The lowest BCUT2D eigenvalue weighted by Crippen LogP contribution is -2.11. The van der Waals surface area contributed by atoms with Crippen molar-refractivity contribution in [3.05, 3.63) is 71.5 Å². The van der Waals surface area contributed by atoms with Gasteiger partial charge in [-0.05, 0) is 55.5 Å². The molecule has 0 spiro atoms. The summed E-state index contributed by atoms with van der Waals surface area (Å²) in [7, 11) is 1.58. The molecular weight excluding hydrogens is 370 g/mol. The van der Waals surface area contributed by atoms with E-state index in [1.807, 2.05) is 12.1 Å². The summed E-state index contributed by atoms with van der Waals surface area (Å²) in [5, 5.41) is 17.2. The Morgan fingerprint density at radius 3 is 2.48 bits per heavy atom. The van der Waals surface area contributed by atoms with Crippen molar-refractivity contribution in [3.8, 4) is 23.3 Å². The third-order valence-electron chi connectivity index (χ3n) is 3.97. The lowest BCUT2D eigenvalue weighted by atomic mass is 10.1. The van der Waals surface area contributed by atoms with Gasteiger partial charge in [0, 0.05) is 11.1 Å². The van der Waals surface area contributed by atoms with Crippen LogP contribution in [-0.4, -0.2) is 39.1 Å². The van der Waals surface area contributed by atoms with E-state index in [4.69, 9.17) is 9.47 Å². The summed E-state index contributed by atoms with van der Waals surface area (Å²) in [6, 6.07) is 14.1. The average molecular weight is 391 g/mol. The number of Topliss-reactive ketones (excluding diaryl/α,β-unsaturated/α-hetero) is 1. The van der Waals surface area contributed by atoms with Gasteiger partial charge in [0.2, 0.25) is 0 Å². The van der Waals surface area contributed by atoms with Gasteiger partial charge in [-0.1, -0.05) is 17.1 Å². The number of aliphatic hydroxyl groups is 1. The van der Waals surface area contributed by atoms with Gasteiger partial charge >= 0.3 is 0 Å². The van der Waals surface area contributed by atoms with Gasteiger partial charge in [-0.2, -0.15) is 0 Å². The standard InChI is InChI=1S/C22H21N3O4/c1-16(26)3-4-17-5-9-21(10-6-17)29-15-19-13-25(24-23-19)14-22(27)18-7-11-20(28-2)12-8-18/h5-13,16,26H,14-15H2,1-2H3. The number of nitrogens with zero attached hydrogens (tertiary/aromatic N) is 3. The Morgan fingerprint density at radius 1 is 1.14 bits per heavy atom. The van der Waals surface area contributed by atoms with Crippen LogP contribution >= 0.6 is 0 Å². The van der Waals surface area contributed by atoms with Crippen molar-refractivity contribution in [1.29, 1.82) is 0 Å². The van der Waals surface area contributed by atoms with Crippen LogP contribution in [0.2, 0.25) is 0 Å². The highest BCUT2D eigenvalue weighted by atomic mass is 16.5. The molecule has 1 atom stereocenters. The first-order valence-electron chi connectivity index (χ1n) is 9.02. The quantitative estimate of drug-likeness (QED) is 0.492. The first-order chi connectivity index (χ1) is 14.0. The number of hydrogen-bond acceptors (Lipinski definition) is 6. The Labute approximate surface area is 168 Å². The Kier molecular flexibility index (Phi) is 6.61. The predicted octanol–water partition coefficient (Wildman–Crippen LogP) is 2.48. The average Bonchev–Trinajstić information content (AvgIpc) is 3.18. The predicted molar refractivity (Wildman–Crippen MR) is 107 cm³/mol. The highest BCUT2D eigenvalue weighted by Crippen LogP contribution is 2.14. The van der Waals surface area contributed by atoms with Gasteiger partial charge in [-0.3, -0.25) is 4.79 Å². The minimum Gasteiger partial charge on any atom is -0.497 e. The van der Waals surface area contributed by atoms with E-state index in [0.29, 0.717) is 22.8 Å². The molecule has 29 heavy (non-hydrogen) atoms. The number of aliphatic hydroxyl groups excluding tert-OH is 1. The van der Waals surface area contributed by atoms with Crippen LogP contribution in [0, 0.1) is 11.8 Å². The number of hydrogen-bond donors (Lipinski definition) is 1. The molecule has 7 heteroatoms. The highest BCUT2D eigenvalue weighted by molar-refractivity contribution is 5.95. The molecule has 1 N–H and O–H groups in total. The van der Waals surface area contributed by atoms with Gasteiger partial charge in [0.1, 0.15) is 36.4 Å². The molecule has 3 rings (SSSR count). The van der Waals surface area contributed by atoms with E-state index in [1.165, 1.54) is 4.68 Å². The molecule has 0 aliphatic heterocycles. The van der Waals surface area contributed by atoms with E-state index < -0.39 is 6.10 Å². The van der Waals surface area contributed by atoms with Crippen LogP contribution in [0.3, 0.4) is 0 Å². The van der Waals surface area contributed by atoms with E-state index in [2.05, 4.69) is 22.2 Å². The molecule has 7 nitrogen and oxygen atoms in total. The number of aromatic nitrogens is 3. The van der Waals surface area contributed by atoms with Gasteiger partial charge in [0.25, 0.3) is 0 Å². The van der Waals surface area contributed by atoms with Crippen LogP contribution in [0.15, 0.2) is 54.7 Å². The molecule has 0 saturated heterocycles. The maximum absolute atomic E-state index is 12.3. The van der Waals surface area contributed by atoms with Crippen LogP contribution in [0.1, 0.15) is 28.5 Å². The molecule has 0 fully saturated rings. The van der Waals surface area contributed by atoms with Crippen molar-refractivity contribution >= 4 is 5.78 Å². The summed E-state index contributed by atoms with van der Waals surface area (Å²) in [6.45, 7) is 1.94. The molecule has 0 amide bonds. The zero-order valence-electron chi connectivity index (χ0n) is 16.2.